The highest BCUT2D eigenvalue weighted by Crippen LogP contribution is 2.48. The minimum Gasteiger partial charge on any atom is -0.507 e. The van der Waals surface area contributed by atoms with Gasteiger partial charge < -0.3 is 30.3 Å². The molecule has 198 valence electrons. The summed E-state index contributed by atoms with van der Waals surface area (Å²) < 4.78 is 6.26. The third-order valence-electron chi connectivity index (χ3n) is 6.34. The van der Waals surface area contributed by atoms with E-state index in [9.17, 15) is 30.3 Å². The molecule has 1 aliphatic rings. The molecule has 2 aromatic rings. The highest BCUT2D eigenvalue weighted by atomic mass is 16.5. The van der Waals surface area contributed by atoms with Gasteiger partial charge in [0.1, 0.15) is 22.8 Å². The van der Waals surface area contributed by atoms with Crippen molar-refractivity contribution in [2.75, 3.05) is 0 Å². The summed E-state index contributed by atoms with van der Waals surface area (Å²) in [6.45, 7) is 11.4. The molecular formula is C30H36O7. The van der Waals surface area contributed by atoms with E-state index in [1.54, 1.807) is 0 Å². The number of phenolic OH excluding ortho intramolecular Hbond substituents is 4. The van der Waals surface area contributed by atoms with Crippen molar-refractivity contribution in [2.45, 2.75) is 73.0 Å². The van der Waals surface area contributed by atoms with Gasteiger partial charge >= 0.3 is 0 Å². The zero-order valence-corrected chi connectivity index (χ0v) is 22.2. The van der Waals surface area contributed by atoms with Crippen LogP contribution in [0.3, 0.4) is 0 Å². The maximum atomic E-state index is 13.4. The number of ether oxygens (including phenoxy) is 1. The van der Waals surface area contributed by atoms with Gasteiger partial charge in [0.25, 0.3) is 0 Å². The van der Waals surface area contributed by atoms with Gasteiger partial charge in [-0.2, -0.15) is 0 Å². The molecule has 37 heavy (non-hydrogen) atoms. The molecule has 0 saturated heterocycles. The van der Waals surface area contributed by atoms with E-state index in [0.29, 0.717) is 28.7 Å². The quantitative estimate of drug-likeness (QED) is 0.239. The Morgan fingerprint density at radius 2 is 1.32 bits per heavy atom. The molecule has 2 atom stereocenters. The normalized spacial score (nSPS) is 16.5. The maximum absolute atomic E-state index is 13.4. The number of allylic oxidation sites excluding steroid dienone is 6. The first-order valence-electron chi connectivity index (χ1n) is 12.3. The van der Waals surface area contributed by atoms with Crippen molar-refractivity contribution in [3.63, 3.8) is 0 Å². The molecule has 2 aromatic carbocycles. The molecule has 0 aliphatic carbocycles. The SMILES string of the molecule is CC(C)=CCc1cc(O)c(O)c(CC=C(C)C)c1[C@H]1Oc2c(CC=C(C)C)c(O)cc(O)c2C(=O)C1O. The molecule has 0 radical (unpaired) electrons. The molecule has 0 fully saturated rings. The summed E-state index contributed by atoms with van der Waals surface area (Å²) in [6, 6.07) is 2.49. The Labute approximate surface area is 217 Å². The number of ketones is 1. The number of carbonyl (C=O) groups excluding carboxylic acids is 1. The van der Waals surface area contributed by atoms with Gasteiger partial charge in [-0.15, -0.1) is 0 Å². The molecule has 5 N–H and O–H groups in total. The van der Waals surface area contributed by atoms with Gasteiger partial charge in [-0.25, -0.2) is 0 Å². The Bertz CT molecular complexity index is 1300. The van der Waals surface area contributed by atoms with Crippen molar-refractivity contribution in [2.24, 2.45) is 0 Å². The van der Waals surface area contributed by atoms with Crippen LogP contribution in [-0.2, 0) is 19.3 Å². The Balaban J connectivity index is 2.31. The average Bonchev–Trinajstić information content (AvgIpc) is 2.80. The number of Topliss-reactive ketones (excluding diaryl/α,β-unsaturated/α-hetero) is 1. The summed E-state index contributed by atoms with van der Waals surface area (Å²) in [7, 11) is 0. The zero-order valence-electron chi connectivity index (χ0n) is 22.2. The van der Waals surface area contributed by atoms with Crippen molar-refractivity contribution in [3.8, 4) is 28.7 Å². The highest BCUT2D eigenvalue weighted by Gasteiger charge is 2.42. The van der Waals surface area contributed by atoms with Crippen LogP contribution < -0.4 is 4.74 Å². The fraction of sp³-hybridized carbons (Fsp3) is 0.367. The summed E-state index contributed by atoms with van der Waals surface area (Å²) in [5, 5.41) is 53.6. The van der Waals surface area contributed by atoms with Crippen molar-refractivity contribution in [1.29, 1.82) is 0 Å². The summed E-state index contributed by atoms with van der Waals surface area (Å²) >= 11 is 0. The molecule has 3 rings (SSSR count). The fourth-order valence-corrected chi connectivity index (χ4v) is 4.37. The average molecular weight is 509 g/mol. The maximum Gasteiger partial charge on any atom is 0.202 e. The van der Waals surface area contributed by atoms with Crippen LogP contribution >= 0.6 is 0 Å². The zero-order chi connectivity index (χ0) is 27.6. The van der Waals surface area contributed by atoms with Gasteiger partial charge in [0.2, 0.25) is 5.78 Å². The number of aromatic hydroxyl groups is 4. The topological polar surface area (TPSA) is 127 Å². The molecule has 0 saturated carbocycles. The number of rotatable bonds is 7. The van der Waals surface area contributed by atoms with Gasteiger partial charge in [0, 0.05) is 22.8 Å². The molecule has 0 spiro atoms. The second-order valence-corrected chi connectivity index (χ2v) is 10.2. The predicted molar refractivity (Wildman–Crippen MR) is 143 cm³/mol. The lowest BCUT2D eigenvalue weighted by Gasteiger charge is -2.34. The first kappa shape index (κ1) is 27.9. The van der Waals surface area contributed by atoms with Crippen LogP contribution in [0, 0.1) is 0 Å². The molecular weight excluding hydrogens is 472 g/mol. The van der Waals surface area contributed by atoms with Gasteiger partial charge in [-0.05, 0) is 72.4 Å². The third-order valence-corrected chi connectivity index (χ3v) is 6.34. The number of phenols is 4. The van der Waals surface area contributed by atoms with E-state index in [4.69, 9.17) is 4.74 Å². The molecule has 1 heterocycles. The Hall–Kier alpha value is -3.71. The first-order valence-corrected chi connectivity index (χ1v) is 12.3. The van der Waals surface area contributed by atoms with E-state index < -0.39 is 23.7 Å². The standard InChI is InChI=1S/C30H36O7/c1-15(2)7-10-18-13-23(33)26(34)20(12-9-17(5)6)24(18)30-28(36)27(35)25-22(32)14-21(31)19(29(25)37-30)11-8-16(3)4/h7-9,13-14,28,30-34,36H,10-12H2,1-6H3/t28?,30-/m1/s1. The molecule has 0 bridgehead atoms. The molecule has 1 aliphatic heterocycles. The lowest BCUT2D eigenvalue weighted by Crippen LogP contribution is -2.37. The van der Waals surface area contributed by atoms with E-state index in [1.807, 2.05) is 59.8 Å². The Morgan fingerprint density at radius 1 is 0.784 bits per heavy atom. The molecule has 7 nitrogen and oxygen atoms in total. The second-order valence-electron chi connectivity index (χ2n) is 10.2. The Kier molecular flexibility index (Phi) is 8.39. The van der Waals surface area contributed by atoms with Crippen molar-refractivity contribution >= 4 is 5.78 Å². The van der Waals surface area contributed by atoms with E-state index in [0.717, 1.165) is 22.8 Å². The molecule has 0 aromatic heterocycles. The smallest absolute Gasteiger partial charge is 0.202 e. The van der Waals surface area contributed by atoms with Crippen molar-refractivity contribution < 1.29 is 35.1 Å². The number of hydrogen-bond donors (Lipinski definition) is 5. The summed E-state index contributed by atoms with van der Waals surface area (Å²) in [5.74, 6) is -2.15. The lowest BCUT2D eigenvalue weighted by molar-refractivity contribution is 0.0200. The molecule has 7 heteroatoms. The third kappa shape index (κ3) is 5.83. The second kappa shape index (κ2) is 11.1. The lowest BCUT2D eigenvalue weighted by atomic mass is 9.84. The van der Waals surface area contributed by atoms with E-state index >= 15 is 0 Å². The van der Waals surface area contributed by atoms with Gasteiger partial charge in [0.15, 0.2) is 23.7 Å². The molecule has 1 unspecified atom stereocenters. The largest absolute Gasteiger partial charge is 0.507 e. The number of aliphatic hydroxyl groups excluding tert-OH is 1. The van der Waals surface area contributed by atoms with Crippen molar-refractivity contribution in [3.05, 3.63) is 74.9 Å². The summed E-state index contributed by atoms with van der Waals surface area (Å²) in [6.07, 6.45) is 3.53. The fourth-order valence-electron chi connectivity index (χ4n) is 4.37. The van der Waals surface area contributed by atoms with Gasteiger partial charge in [-0.3, -0.25) is 4.79 Å². The number of fused-ring (bicyclic) bond motifs is 1. The van der Waals surface area contributed by atoms with E-state index in [-0.39, 0.29) is 41.4 Å². The summed E-state index contributed by atoms with van der Waals surface area (Å²) in [5.41, 5.74) is 4.37. The van der Waals surface area contributed by atoms with Crippen LogP contribution in [-0.4, -0.2) is 37.4 Å². The first-order chi connectivity index (χ1) is 17.3. The van der Waals surface area contributed by atoms with Crippen LogP contribution in [0.2, 0.25) is 0 Å². The number of hydrogen-bond acceptors (Lipinski definition) is 7. The van der Waals surface area contributed by atoms with Crippen LogP contribution in [0.1, 0.15) is 80.3 Å². The van der Waals surface area contributed by atoms with Crippen LogP contribution in [0.4, 0.5) is 0 Å². The number of aliphatic hydroxyl groups is 1. The van der Waals surface area contributed by atoms with Gasteiger partial charge in [0.05, 0.1) is 0 Å². The summed E-state index contributed by atoms with van der Waals surface area (Å²) in [4.78, 5) is 13.4. The van der Waals surface area contributed by atoms with E-state index in [1.165, 1.54) is 6.07 Å². The number of carbonyl (C=O) groups is 1. The number of benzene rings is 2. The minimum atomic E-state index is -1.70. The van der Waals surface area contributed by atoms with Crippen LogP contribution in [0.5, 0.6) is 28.7 Å². The van der Waals surface area contributed by atoms with Crippen LogP contribution in [0.25, 0.3) is 0 Å². The van der Waals surface area contributed by atoms with Crippen LogP contribution in [0.15, 0.2) is 47.1 Å². The Morgan fingerprint density at radius 3 is 1.89 bits per heavy atom. The van der Waals surface area contributed by atoms with Crippen molar-refractivity contribution in [1.82, 2.24) is 0 Å². The molecule has 0 amide bonds. The van der Waals surface area contributed by atoms with Gasteiger partial charge in [-0.1, -0.05) is 34.9 Å². The van der Waals surface area contributed by atoms with E-state index in [2.05, 4.69) is 0 Å². The monoisotopic (exact) mass is 508 g/mol. The minimum absolute atomic E-state index is 0.0100. The predicted octanol–water partition coefficient (Wildman–Crippen LogP) is 5.71. The highest BCUT2D eigenvalue weighted by molar-refractivity contribution is 6.06.